The zero-order valence-electron chi connectivity index (χ0n) is 7.79. The van der Waals surface area contributed by atoms with Crippen LogP contribution in [0.2, 0.25) is 0 Å². The molecular formula is C10H14O2S. The second kappa shape index (κ2) is 4.22. The minimum Gasteiger partial charge on any atom is -0.359 e. The van der Waals surface area contributed by atoms with Crippen LogP contribution in [0.3, 0.4) is 0 Å². The Morgan fingerprint density at radius 1 is 1.62 bits per heavy atom. The molecule has 0 amide bonds. The highest BCUT2D eigenvalue weighted by Gasteiger charge is 2.21. The molecule has 1 heterocycles. The third-order valence-corrected chi connectivity index (χ3v) is 3.38. The zero-order chi connectivity index (χ0) is 9.10. The van der Waals surface area contributed by atoms with Gasteiger partial charge in [0, 0.05) is 12.0 Å². The maximum Gasteiger partial charge on any atom is 0.147 e. The molecule has 0 bridgehead atoms. The van der Waals surface area contributed by atoms with E-state index in [0.717, 1.165) is 6.42 Å². The van der Waals surface area contributed by atoms with Gasteiger partial charge in [0.05, 0.1) is 6.10 Å². The van der Waals surface area contributed by atoms with Gasteiger partial charge in [0.15, 0.2) is 0 Å². The van der Waals surface area contributed by atoms with Gasteiger partial charge in [-0.25, -0.2) is 0 Å². The molecule has 13 heavy (non-hydrogen) atoms. The Labute approximate surface area is 82.5 Å². The molecule has 0 saturated carbocycles. The lowest BCUT2D eigenvalue weighted by Crippen LogP contribution is -2.11. The van der Waals surface area contributed by atoms with E-state index in [1.54, 1.807) is 7.11 Å². The van der Waals surface area contributed by atoms with Crippen LogP contribution in [0.15, 0.2) is 11.4 Å². The maximum atomic E-state index is 5.60. The molecule has 2 nitrogen and oxygen atoms in total. The van der Waals surface area contributed by atoms with E-state index in [0.29, 0.717) is 6.79 Å². The Morgan fingerprint density at radius 2 is 2.54 bits per heavy atom. The number of thiophene rings is 1. The van der Waals surface area contributed by atoms with Crippen molar-refractivity contribution in [2.24, 2.45) is 0 Å². The Bertz CT molecular complexity index is 270. The minimum absolute atomic E-state index is 0.273. The second-order valence-corrected chi connectivity index (χ2v) is 4.25. The van der Waals surface area contributed by atoms with Crippen molar-refractivity contribution in [3.63, 3.8) is 0 Å². The van der Waals surface area contributed by atoms with E-state index in [1.165, 1.54) is 23.3 Å². The van der Waals surface area contributed by atoms with Gasteiger partial charge in [-0.05, 0) is 36.3 Å². The predicted octanol–water partition coefficient (Wildman–Crippen LogP) is 2.75. The lowest BCUT2D eigenvalue weighted by molar-refractivity contribution is -0.0780. The van der Waals surface area contributed by atoms with E-state index in [-0.39, 0.29) is 6.10 Å². The third-order valence-electron chi connectivity index (χ3n) is 2.38. The van der Waals surface area contributed by atoms with Crippen LogP contribution < -0.4 is 0 Å². The van der Waals surface area contributed by atoms with Crippen molar-refractivity contribution in [1.82, 2.24) is 0 Å². The molecular weight excluding hydrogens is 184 g/mol. The average Bonchev–Trinajstić information content (AvgIpc) is 2.62. The van der Waals surface area contributed by atoms with Crippen LogP contribution >= 0.6 is 11.3 Å². The Hall–Kier alpha value is -0.380. The highest BCUT2D eigenvalue weighted by atomic mass is 32.1. The molecule has 1 aliphatic rings. The van der Waals surface area contributed by atoms with E-state index in [1.807, 2.05) is 11.3 Å². The number of fused-ring (bicyclic) bond motifs is 1. The topological polar surface area (TPSA) is 18.5 Å². The molecule has 0 aliphatic heterocycles. The van der Waals surface area contributed by atoms with Crippen LogP contribution in [0.1, 0.15) is 29.4 Å². The molecule has 0 radical (unpaired) electrons. The van der Waals surface area contributed by atoms with Gasteiger partial charge in [0.25, 0.3) is 0 Å². The molecule has 1 aliphatic carbocycles. The molecule has 1 unspecified atom stereocenters. The van der Waals surface area contributed by atoms with Gasteiger partial charge in [0.2, 0.25) is 0 Å². The van der Waals surface area contributed by atoms with E-state index in [9.17, 15) is 0 Å². The number of aryl methyl sites for hydroxylation is 1. The summed E-state index contributed by atoms with van der Waals surface area (Å²) < 4.78 is 10.5. The smallest absolute Gasteiger partial charge is 0.147 e. The molecule has 1 aromatic heterocycles. The zero-order valence-corrected chi connectivity index (χ0v) is 8.60. The summed E-state index contributed by atoms with van der Waals surface area (Å²) in [5.74, 6) is 0. The summed E-state index contributed by atoms with van der Waals surface area (Å²) in [4.78, 5) is 1.49. The van der Waals surface area contributed by atoms with Crippen LogP contribution in [0.25, 0.3) is 0 Å². The molecule has 2 rings (SSSR count). The average molecular weight is 198 g/mol. The van der Waals surface area contributed by atoms with E-state index >= 15 is 0 Å². The molecule has 0 aromatic carbocycles. The Morgan fingerprint density at radius 3 is 3.38 bits per heavy atom. The lowest BCUT2D eigenvalue weighted by atomic mass is 9.96. The van der Waals surface area contributed by atoms with Crippen LogP contribution in [-0.4, -0.2) is 13.9 Å². The lowest BCUT2D eigenvalue weighted by Gasteiger charge is -2.22. The molecule has 1 aromatic rings. The molecule has 0 fully saturated rings. The monoisotopic (exact) mass is 198 g/mol. The number of hydrogen-bond donors (Lipinski definition) is 0. The van der Waals surface area contributed by atoms with Crippen molar-refractivity contribution in [3.05, 3.63) is 21.9 Å². The summed E-state index contributed by atoms with van der Waals surface area (Å²) >= 11 is 1.84. The van der Waals surface area contributed by atoms with E-state index < -0.39 is 0 Å². The van der Waals surface area contributed by atoms with Crippen LogP contribution in [0.4, 0.5) is 0 Å². The van der Waals surface area contributed by atoms with Crippen molar-refractivity contribution >= 4 is 11.3 Å². The Kier molecular flexibility index (Phi) is 2.98. The van der Waals surface area contributed by atoms with Gasteiger partial charge >= 0.3 is 0 Å². The molecule has 0 spiro atoms. The SMILES string of the molecule is COCOC1CCCc2sccc21. The number of methoxy groups -OCH3 is 1. The fraction of sp³-hybridized carbons (Fsp3) is 0.600. The first kappa shape index (κ1) is 9.19. The first-order valence-corrected chi connectivity index (χ1v) is 5.46. The van der Waals surface area contributed by atoms with Gasteiger partial charge in [-0.3, -0.25) is 0 Å². The highest BCUT2D eigenvalue weighted by Crippen LogP contribution is 2.35. The van der Waals surface area contributed by atoms with Crippen LogP contribution in [0, 0.1) is 0 Å². The van der Waals surface area contributed by atoms with Crippen LogP contribution in [0.5, 0.6) is 0 Å². The fourth-order valence-electron chi connectivity index (χ4n) is 1.77. The maximum absolute atomic E-state index is 5.60. The summed E-state index contributed by atoms with van der Waals surface area (Å²) in [6.07, 6.45) is 3.87. The largest absolute Gasteiger partial charge is 0.359 e. The quantitative estimate of drug-likeness (QED) is 0.695. The summed E-state index contributed by atoms with van der Waals surface area (Å²) in [6.45, 7) is 0.403. The van der Waals surface area contributed by atoms with Gasteiger partial charge < -0.3 is 9.47 Å². The molecule has 72 valence electrons. The highest BCUT2D eigenvalue weighted by molar-refractivity contribution is 7.10. The molecule has 0 saturated heterocycles. The number of hydrogen-bond acceptors (Lipinski definition) is 3. The van der Waals surface area contributed by atoms with Crippen molar-refractivity contribution in [1.29, 1.82) is 0 Å². The summed E-state index contributed by atoms with van der Waals surface area (Å²) in [6, 6.07) is 2.18. The molecule has 0 N–H and O–H groups in total. The minimum atomic E-state index is 0.273. The second-order valence-electron chi connectivity index (χ2n) is 3.25. The third kappa shape index (κ3) is 1.93. The molecule has 1 atom stereocenters. The normalized spacial score (nSPS) is 21.5. The molecule has 3 heteroatoms. The van der Waals surface area contributed by atoms with E-state index in [4.69, 9.17) is 9.47 Å². The number of rotatable bonds is 3. The Balaban J connectivity index is 2.07. The van der Waals surface area contributed by atoms with Crippen molar-refractivity contribution in [2.75, 3.05) is 13.9 Å². The summed E-state index contributed by atoms with van der Waals surface area (Å²) in [5.41, 5.74) is 1.38. The standard InChI is InChI=1S/C10H14O2S/c1-11-7-12-9-3-2-4-10-8(9)5-6-13-10/h5-6,9H,2-4,7H2,1H3. The number of ether oxygens (including phenoxy) is 2. The van der Waals surface area contributed by atoms with Crippen molar-refractivity contribution in [3.8, 4) is 0 Å². The van der Waals surface area contributed by atoms with Crippen molar-refractivity contribution < 1.29 is 9.47 Å². The first-order valence-electron chi connectivity index (χ1n) is 4.58. The van der Waals surface area contributed by atoms with Gasteiger partial charge in [-0.2, -0.15) is 0 Å². The van der Waals surface area contributed by atoms with Crippen LogP contribution in [-0.2, 0) is 15.9 Å². The van der Waals surface area contributed by atoms with Gasteiger partial charge in [0.1, 0.15) is 6.79 Å². The summed E-state index contributed by atoms with van der Waals surface area (Å²) in [5, 5.41) is 2.15. The predicted molar refractivity (Wildman–Crippen MR) is 53.0 cm³/mol. The first-order chi connectivity index (χ1) is 6.42. The summed E-state index contributed by atoms with van der Waals surface area (Å²) in [7, 11) is 1.66. The van der Waals surface area contributed by atoms with Gasteiger partial charge in [-0.1, -0.05) is 0 Å². The fourth-order valence-corrected chi connectivity index (χ4v) is 2.74. The van der Waals surface area contributed by atoms with Crippen molar-refractivity contribution in [2.45, 2.75) is 25.4 Å². The van der Waals surface area contributed by atoms with Gasteiger partial charge in [-0.15, -0.1) is 11.3 Å². The van der Waals surface area contributed by atoms with E-state index in [2.05, 4.69) is 11.4 Å².